The fraction of sp³-hybridized carbons (Fsp3) is 0.143. The van der Waals surface area contributed by atoms with E-state index in [0.29, 0.717) is 28.6 Å². The highest BCUT2D eigenvalue weighted by atomic mass is 35.5. The van der Waals surface area contributed by atoms with Crippen molar-refractivity contribution in [1.29, 1.82) is 5.26 Å². The first-order valence-corrected chi connectivity index (χ1v) is 6.11. The summed E-state index contributed by atoms with van der Waals surface area (Å²) < 4.78 is 10.4. The van der Waals surface area contributed by atoms with E-state index >= 15 is 0 Å². The van der Waals surface area contributed by atoms with Crippen LogP contribution < -0.4 is 14.8 Å². The van der Waals surface area contributed by atoms with Crippen LogP contribution in [0.25, 0.3) is 0 Å². The third-order valence-electron chi connectivity index (χ3n) is 2.59. The van der Waals surface area contributed by atoms with Crippen molar-refractivity contribution in [2.24, 2.45) is 0 Å². The van der Waals surface area contributed by atoms with E-state index in [1.807, 2.05) is 6.07 Å². The number of nitriles is 1. The van der Waals surface area contributed by atoms with Crippen molar-refractivity contribution in [3.8, 4) is 17.6 Å². The maximum atomic E-state index is 8.92. The van der Waals surface area contributed by atoms with Crippen molar-refractivity contribution in [2.75, 3.05) is 19.5 Å². The molecule has 1 aromatic carbocycles. The summed E-state index contributed by atoms with van der Waals surface area (Å²) in [6.45, 7) is 0. The highest BCUT2D eigenvalue weighted by Crippen LogP contribution is 2.31. The zero-order valence-corrected chi connectivity index (χ0v) is 11.7. The van der Waals surface area contributed by atoms with E-state index in [-0.39, 0.29) is 5.15 Å². The zero-order chi connectivity index (χ0) is 14.5. The molecule has 20 heavy (non-hydrogen) atoms. The Morgan fingerprint density at radius 2 is 2.00 bits per heavy atom. The third kappa shape index (κ3) is 3.11. The summed E-state index contributed by atoms with van der Waals surface area (Å²) in [4.78, 5) is 4.11. The van der Waals surface area contributed by atoms with Crippen LogP contribution in [-0.4, -0.2) is 19.2 Å². The highest BCUT2D eigenvalue weighted by Gasteiger charge is 2.07. The minimum Gasteiger partial charge on any atom is -0.497 e. The Hall–Kier alpha value is -2.45. The number of hydrogen-bond acceptors (Lipinski definition) is 5. The zero-order valence-electron chi connectivity index (χ0n) is 11.0. The average Bonchev–Trinajstić information content (AvgIpc) is 2.47. The Balaban J connectivity index is 2.35. The molecular weight excluding hydrogens is 278 g/mol. The number of aromatic nitrogens is 1. The predicted molar refractivity (Wildman–Crippen MR) is 76.8 cm³/mol. The maximum Gasteiger partial charge on any atom is 0.146 e. The number of benzene rings is 1. The molecule has 0 spiro atoms. The molecule has 0 aliphatic heterocycles. The molecule has 1 aromatic heterocycles. The first-order chi connectivity index (χ1) is 9.66. The topological polar surface area (TPSA) is 67.2 Å². The standard InChI is InChI=1S/C14H12ClN3O2/c1-19-10-3-4-11(12(7-10)20-2)17-14-6-9(8-16)5-13(15)18-14/h3-7H,1-2H3,(H,17,18). The first-order valence-electron chi connectivity index (χ1n) is 5.73. The summed E-state index contributed by atoms with van der Waals surface area (Å²) >= 11 is 5.86. The number of halogens is 1. The molecule has 0 unspecified atom stereocenters. The second kappa shape index (κ2) is 6.13. The largest absolute Gasteiger partial charge is 0.497 e. The van der Waals surface area contributed by atoms with Gasteiger partial charge in [0.05, 0.1) is 31.5 Å². The van der Waals surface area contributed by atoms with Crippen molar-refractivity contribution in [1.82, 2.24) is 4.98 Å². The average molecular weight is 290 g/mol. The van der Waals surface area contributed by atoms with E-state index in [9.17, 15) is 0 Å². The first kappa shape index (κ1) is 14.0. The molecule has 1 N–H and O–H groups in total. The second-order valence-electron chi connectivity index (χ2n) is 3.87. The number of methoxy groups -OCH3 is 2. The fourth-order valence-corrected chi connectivity index (χ4v) is 1.87. The number of nitrogens with one attached hydrogen (secondary N) is 1. The third-order valence-corrected chi connectivity index (χ3v) is 2.79. The van der Waals surface area contributed by atoms with Crippen LogP contribution in [-0.2, 0) is 0 Å². The van der Waals surface area contributed by atoms with Crippen LogP contribution in [0.1, 0.15) is 5.56 Å². The SMILES string of the molecule is COc1ccc(Nc2cc(C#N)cc(Cl)n2)c(OC)c1. The molecular formula is C14H12ClN3O2. The van der Waals surface area contributed by atoms with Gasteiger partial charge in [-0.1, -0.05) is 11.6 Å². The van der Waals surface area contributed by atoms with Gasteiger partial charge in [-0.25, -0.2) is 4.98 Å². The van der Waals surface area contributed by atoms with Gasteiger partial charge in [-0.3, -0.25) is 0 Å². The Bertz CT molecular complexity index is 668. The van der Waals surface area contributed by atoms with Gasteiger partial charge in [-0.05, 0) is 24.3 Å². The molecule has 6 heteroatoms. The van der Waals surface area contributed by atoms with Crippen LogP contribution in [0.2, 0.25) is 5.15 Å². The van der Waals surface area contributed by atoms with Crippen molar-refractivity contribution in [2.45, 2.75) is 0 Å². The predicted octanol–water partition coefficient (Wildman–Crippen LogP) is 3.37. The number of pyridine rings is 1. The molecule has 0 amide bonds. The Morgan fingerprint density at radius 1 is 1.20 bits per heavy atom. The second-order valence-corrected chi connectivity index (χ2v) is 4.25. The lowest BCUT2D eigenvalue weighted by molar-refractivity contribution is 0.395. The number of rotatable bonds is 4. The van der Waals surface area contributed by atoms with Crippen molar-refractivity contribution < 1.29 is 9.47 Å². The molecule has 2 rings (SSSR count). The molecule has 0 bridgehead atoms. The molecule has 102 valence electrons. The summed E-state index contributed by atoms with van der Waals surface area (Å²) in [6.07, 6.45) is 0. The lowest BCUT2D eigenvalue weighted by Crippen LogP contribution is -1.98. The Kier molecular flexibility index (Phi) is 4.28. The van der Waals surface area contributed by atoms with Crippen LogP contribution in [0.15, 0.2) is 30.3 Å². The smallest absolute Gasteiger partial charge is 0.146 e. The molecule has 0 radical (unpaired) electrons. The lowest BCUT2D eigenvalue weighted by Gasteiger charge is -2.12. The molecule has 0 saturated carbocycles. The van der Waals surface area contributed by atoms with Gasteiger partial charge in [0.1, 0.15) is 22.5 Å². The van der Waals surface area contributed by atoms with Gasteiger partial charge in [-0.15, -0.1) is 0 Å². The quantitative estimate of drug-likeness (QED) is 0.874. The van der Waals surface area contributed by atoms with Crippen LogP contribution in [0.4, 0.5) is 11.5 Å². The molecule has 0 fully saturated rings. The minimum absolute atomic E-state index is 0.249. The maximum absolute atomic E-state index is 8.92. The highest BCUT2D eigenvalue weighted by molar-refractivity contribution is 6.29. The van der Waals surface area contributed by atoms with Crippen molar-refractivity contribution in [3.05, 3.63) is 41.0 Å². The summed E-state index contributed by atoms with van der Waals surface area (Å²) in [5.74, 6) is 1.76. The molecule has 2 aromatic rings. The van der Waals surface area contributed by atoms with Crippen LogP contribution in [0.3, 0.4) is 0 Å². The van der Waals surface area contributed by atoms with Crippen molar-refractivity contribution >= 4 is 23.1 Å². The number of hydrogen-bond donors (Lipinski definition) is 1. The molecule has 1 heterocycles. The van der Waals surface area contributed by atoms with Crippen LogP contribution >= 0.6 is 11.6 Å². The molecule has 0 aliphatic carbocycles. The van der Waals surface area contributed by atoms with E-state index in [1.54, 1.807) is 38.5 Å². The summed E-state index contributed by atoms with van der Waals surface area (Å²) in [7, 11) is 3.14. The number of nitrogens with zero attached hydrogens (tertiary/aromatic N) is 2. The Labute approximate surface area is 121 Å². The van der Waals surface area contributed by atoms with Gasteiger partial charge in [0.15, 0.2) is 0 Å². The fourth-order valence-electron chi connectivity index (χ4n) is 1.67. The molecule has 0 atom stereocenters. The molecule has 0 aliphatic rings. The van der Waals surface area contributed by atoms with Gasteiger partial charge < -0.3 is 14.8 Å². The van der Waals surface area contributed by atoms with Crippen molar-refractivity contribution in [3.63, 3.8) is 0 Å². The van der Waals surface area contributed by atoms with E-state index in [1.165, 1.54) is 6.07 Å². The van der Waals surface area contributed by atoms with Crippen LogP contribution in [0.5, 0.6) is 11.5 Å². The minimum atomic E-state index is 0.249. The normalized spacial score (nSPS) is 9.70. The summed E-state index contributed by atoms with van der Waals surface area (Å²) in [5, 5.41) is 12.2. The van der Waals surface area contributed by atoms with Gasteiger partial charge in [0.2, 0.25) is 0 Å². The van der Waals surface area contributed by atoms with Gasteiger partial charge >= 0.3 is 0 Å². The monoisotopic (exact) mass is 289 g/mol. The summed E-state index contributed by atoms with van der Waals surface area (Å²) in [6, 6.07) is 10.5. The van der Waals surface area contributed by atoms with Gasteiger partial charge in [-0.2, -0.15) is 5.26 Å². The number of anilines is 2. The van der Waals surface area contributed by atoms with Gasteiger partial charge in [0.25, 0.3) is 0 Å². The Morgan fingerprint density at radius 3 is 2.65 bits per heavy atom. The lowest BCUT2D eigenvalue weighted by atomic mass is 10.2. The molecule has 5 nitrogen and oxygen atoms in total. The summed E-state index contributed by atoms with van der Waals surface area (Å²) in [5.41, 5.74) is 1.13. The van der Waals surface area contributed by atoms with Gasteiger partial charge in [0, 0.05) is 6.07 Å². The van der Waals surface area contributed by atoms with E-state index in [2.05, 4.69) is 10.3 Å². The van der Waals surface area contributed by atoms with E-state index < -0.39 is 0 Å². The van der Waals surface area contributed by atoms with E-state index in [0.717, 1.165) is 0 Å². The van der Waals surface area contributed by atoms with Crippen LogP contribution in [0, 0.1) is 11.3 Å². The number of ether oxygens (including phenoxy) is 2. The molecule has 0 saturated heterocycles. The van der Waals surface area contributed by atoms with E-state index in [4.69, 9.17) is 26.3 Å².